The fourth-order valence-corrected chi connectivity index (χ4v) is 2.59. The lowest BCUT2D eigenvalue weighted by Crippen LogP contribution is -2.03. The number of ether oxygens (including phenoxy) is 2. The number of nitrogens with one attached hydrogen (secondary N) is 1. The zero-order valence-electron chi connectivity index (χ0n) is 12.0. The van der Waals surface area contributed by atoms with Crippen molar-refractivity contribution in [2.45, 2.75) is 13.5 Å². The van der Waals surface area contributed by atoms with Gasteiger partial charge in [-0.15, -0.1) is 0 Å². The van der Waals surface area contributed by atoms with E-state index in [-0.39, 0.29) is 0 Å². The second-order valence-corrected chi connectivity index (χ2v) is 5.35. The zero-order valence-corrected chi connectivity index (χ0v) is 13.6. The first-order chi connectivity index (χ1) is 9.55. The molecule has 0 spiro atoms. The van der Waals surface area contributed by atoms with Crippen molar-refractivity contribution in [2.24, 2.45) is 7.05 Å². The van der Waals surface area contributed by atoms with Gasteiger partial charge in [0.05, 0.1) is 25.5 Å². The van der Waals surface area contributed by atoms with Crippen LogP contribution >= 0.6 is 15.9 Å². The summed E-state index contributed by atoms with van der Waals surface area (Å²) in [7, 11) is 5.18. The zero-order chi connectivity index (χ0) is 14.7. The summed E-state index contributed by atoms with van der Waals surface area (Å²) in [5.74, 6) is 1.58. The van der Waals surface area contributed by atoms with Crippen molar-refractivity contribution in [3.8, 4) is 11.6 Å². The molecule has 20 heavy (non-hydrogen) atoms. The molecule has 0 aliphatic carbocycles. The number of halogens is 1. The van der Waals surface area contributed by atoms with Crippen LogP contribution < -0.4 is 14.8 Å². The van der Waals surface area contributed by atoms with Crippen LogP contribution in [-0.2, 0) is 13.6 Å². The Hall–Kier alpha value is -1.69. The van der Waals surface area contributed by atoms with Gasteiger partial charge in [0.2, 0.25) is 5.88 Å². The van der Waals surface area contributed by atoms with E-state index in [0.29, 0.717) is 6.54 Å². The van der Waals surface area contributed by atoms with Crippen molar-refractivity contribution < 1.29 is 9.47 Å². The largest absolute Gasteiger partial charge is 0.497 e. The van der Waals surface area contributed by atoms with Crippen molar-refractivity contribution in [2.75, 3.05) is 19.5 Å². The summed E-state index contributed by atoms with van der Waals surface area (Å²) in [5.41, 5.74) is 2.98. The molecule has 6 heteroatoms. The summed E-state index contributed by atoms with van der Waals surface area (Å²) >= 11 is 3.47. The highest BCUT2D eigenvalue weighted by atomic mass is 79.9. The van der Waals surface area contributed by atoms with Gasteiger partial charge in [-0.25, -0.2) is 4.68 Å². The van der Waals surface area contributed by atoms with Crippen molar-refractivity contribution in [1.82, 2.24) is 9.78 Å². The van der Waals surface area contributed by atoms with Crippen molar-refractivity contribution in [3.63, 3.8) is 0 Å². The van der Waals surface area contributed by atoms with Gasteiger partial charge in [-0.3, -0.25) is 0 Å². The Labute approximate surface area is 127 Å². The Balaban J connectivity index is 2.18. The summed E-state index contributed by atoms with van der Waals surface area (Å²) in [4.78, 5) is 0. The molecule has 0 unspecified atom stereocenters. The molecule has 0 radical (unpaired) electrons. The molecule has 108 valence electrons. The highest BCUT2D eigenvalue weighted by Gasteiger charge is 2.13. The van der Waals surface area contributed by atoms with E-state index in [1.165, 1.54) is 0 Å². The molecular weight excluding hydrogens is 322 g/mol. The monoisotopic (exact) mass is 339 g/mol. The number of hydrogen-bond donors (Lipinski definition) is 1. The molecule has 1 N–H and O–H groups in total. The van der Waals surface area contributed by atoms with Gasteiger partial charge in [-0.05, 0) is 19.1 Å². The maximum absolute atomic E-state index is 5.38. The first-order valence-electron chi connectivity index (χ1n) is 6.20. The number of aromatic nitrogens is 2. The predicted octanol–water partition coefficient (Wildman–Crippen LogP) is 3.12. The average Bonchev–Trinajstić information content (AvgIpc) is 2.69. The maximum Gasteiger partial charge on any atom is 0.216 e. The molecule has 2 aromatic rings. The molecule has 2 rings (SSSR count). The van der Waals surface area contributed by atoms with Crippen LogP contribution in [0.2, 0.25) is 0 Å². The summed E-state index contributed by atoms with van der Waals surface area (Å²) in [6, 6.07) is 5.87. The number of rotatable bonds is 5. The predicted molar refractivity (Wildman–Crippen MR) is 82.5 cm³/mol. The Morgan fingerprint density at radius 1 is 1.25 bits per heavy atom. The molecule has 1 aromatic carbocycles. The van der Waals surface area contributed by atoms with Crippen LogP contribution in [0.15, 0.2) is 22.7 Å². The third kappa shape index (κ3) is 3.07. The number of methoxy groups -OCH3 is 2. The molecule has 0 fully saturated rings. The molecule has 1 heterocycles. The van der Waals surface area contributed by atoms with Crippen LogP contribution in [0.5, 0.6) is 11.6 Å². The van der Waals surface area contributed by atoms with Crippen molar-refractivity contribution in [1.29, 1.82) is 0 Å². The van der Waals surface area contributed by atoms with Crippen molar-refractivity contribution >= 4 is 21.6 Å². The van der Waals surface area contributed by atoms with E-state index in [2.05, 4.69) is 26.3 Å². The molecule has 0 aliphatic rings. The van der Waals surface area contributed by atoms with E-state index in [0.717, 1.165) is 33.0 Å². The van der Waals surface area contributed by atoms with Gasteiger partial charge in [0.25, 0.3) is 0 Å². The van der Waals surface area contributed by atoms with Gasteiger partial charge in [0.1, 0.15) is 5.75 Å². The minimum Gasteiger partial charge on any atom is -0.497 e. The molecular formula is C14H18BrN3O2. The standard InChI is InChI=1S/C14H18BrN3O2/c1-9-13(14(20-4)18(2)17-9)8-16-11-5-10(15)6-12(7-11)19-3/h5-7,16H,8H2,1-4H3. The molecule has 0 saturated heterocycles. The second-order valence-electron chi connectivity index (χ2n) is 4.43. The maximum atomic E-state index is 5.38. The Bertz CT molecular complexity index is 611. The van der Waals surface area contributed by atoms with E-state index in [1.807, 2.05) is 32.2 Å². The summed E-state index contributed by atoms with van der Waals surface area (Å²) in [5, 5.41) is 7.73. The van der Waals surface area contributed by atoms with E-state index < -0.39 is 0 Å². The quantitative estimate of drug-likeness (QED) is 0.909. The van der Waals surface area contributed by atoms with Gasteiger partial charge in [-0.1, -0.05) is 15.9 Å². The number of hydrogen-bond acceptors (Lipinski definition) is 4. The molecule has 0 bridgehead atoms. The molecule has 0 saturated carbocycles. The van der Waals surface area contributed by atoms with Crippen LogP contribution in [0.25, 0.3) is 0 Å². The molecule has 1 aromatic heterocycles. The summed E-state index contributed by atoms with van der Waals surface area (Å²) in [6.07, 6.45) is 0. The number of benzene rings is 1. The van der Waals surface area contributed by atoms with Gasteiger partial charge in [0.15, 0.2) is 0 Å². The van der Waals surface area contributed by atoms with Gasteiger partial charge >= 0.3 is 0 Å². The van der Waals surface area contributed by atoms with E-state index >= 15 is 0 Å². The number of aryl methyl sites for hydroxylation is 2. The number of anilines is 1. The normalized spacial score (nSPS) is 10.4. The Kier molecular flexibility index (Phi) is 4.54. The average molecular weight is 340 g/mol. The van der Waals surface area contributed by atoms with Crippen LogP contribution in [0.3, 0.4) is 0 Å². The molecule has 5 nitrogen and oxygen atoms in total. The lowest BCUT2D eigenvalue weighted by molar-refractivity contribution is 0.370. The SMILES string of the molecule is COc1cc(Br)cc(NCc2c(C)nn(C)c2OC)c1. The first-order valence-corrected chi connectivity index (χ1v) is 6.99. The number of nitrogens with zero attached hydrogens (tertiary/aromatic N) is 2. The minimum absolute atomic E-state index is 0.641. The van der Waals surface area contributed by atoms with Crippen LogP contribution in [0.1, 0.15) is 11.3 Å². The molecule has 0 amide bonds. The smallest absolute Gasteiger partial charge is 0.216 e. The van der Waals surface area contributed by atoms with Gasteiger partial charge < -0.3 is 14.8 Å². The van der Waals surface area contributed by atoms with Gasteiger partial charge in [-0.2, -0.15) is 5.10 Å². The first kappa shape index (κ1) is 14.7. The van der Waals surface area contributed by atoms with E-state index in [4.69, 9.17) is 9.47 Å². The summed E-state index contributed by atoms with van der Waals surface area (Å²) in [6.45, 7) is 2.61. The lowest BCUT2D eigenvalue weighted by atomic mass is 10.2. The summed E-state index contributed by atoms with van der Waals surface area (Å²) < 4.78 is 13.3. The Morgan fingerprint density at radius 2 is 2.00 bits per heavy atom. The Morgan fingerprint density at radius 3 is 2.65 bits per heavy atom. The van der Waals surface area contributed by atoms with E-state index in [1.54, 1.807) is 18.9 Å². The van der Waals surface area contributed by atoms with E-state index in [9.17, 15) is 0 Å². The third-order valence-corrected chi connectivity index (χ3v) is 3.52. The van der Waals surface area contributed by atoms with Crippen LogP contribution in [0, 0.1) is 6.92 Å². The minimum atomic E-state index is 0.641. The van der Waals surface area contributed by atoms with Crippen LogP contribution in [-0.4, -0.2) is 24.0 Å². The highest BCUT2D eigenvalue weighted by Crippen LogP contribution is 2.26. The topological polar surface area (TPSA) is 48.3 Å². The lowest BCUT2D eigenvalue weighted by Gasteiger charge is -2.10. The second kappa shape index (κ2) is 6.17. The highest BCUT2D eigenvalue weighted by molar-refractivity contribution is 9.10. The fraction of sp³-hybridized carbons (Fsp3) is 0.357. The van der Waals surface area contributed by atoms with Crippen LogP contribution in [0.4, 0.5) is 5.69 Å². The third-order valence-electron chi connectivity index (χ3n) is 3.06. The van der Waals surface area contributed by atoms with Crippen molar-refractivity contribution in [3.05, 3.63) is 33.9 Å². The fourth-order valence-electron chi connectivity index (χ4n) is 2.11. The van der Waals surface area contributed by atoms with Gasteiger partial charge in [0, 0.05) is 29.8 Å². The molecule has 0 atom stereocenters. The molecule has 0 aliphatic heterocycles.